The molecule has 0 spiro atoms. The molecule has 0 N–H and O–H groups in total. The lowest BCUT2D eigenvalue weighted by molar-refractivity contribution is 0.163. The second-order valence-corrected chi connectivity index (χ2v) is 9.85. The van der Waals surface area contributed by atoms with E-state index in [2.05, 4.69) is 21.7 Å². The quantitative estimate of drug-likeness (QED) is 0.805. The van der Waals surface area contributed by atoms with Crippen molar-refractivity contribution in [2.45, 2.75) is 62.4 Å². The van der Waals surface area contributed by atoms with Crippen molar-refractivity contribution in [3.63, 3.8) is 0 Å². The van der Waals surface area contributed by atoms with Crippen molar-refractivity contribution >= 4 is 15.8 Å². The third kappa shape index (κ3) is 3.49. The molecule has 1 aromatic heterocycles. The molecule has 1 atom stereocenters. The van der Waals surface area contributed by atoms with Gasteiger partial charge < -0.3 is 4.90 Å². The van der Waals surface area contributed by atoms with E-state index in [1.54, 1.807) is 10.4 Å². The predicted molar refractivity (Wildman–Crippen MR) is 103 cm³/mol. The number of hydrogen-bond acceptors (Lipinski definition) is 5. The molecule has 3 aliphatic heterocycles. The summed E-state index contributed by atoms with van der Waals surface area (Å²) in [6.07, 6.45) is 8.44. The summed E-state index contributed by atoms with van der Waals surface area (Å²) in [5.74, 6) is 0.901. The van der Waals surface area contributed by atoms with Crippen molar-refractivity contribution in [2.24, 2.45) is 0 Å². The molecule has 0 saturated carbocycles. The maximum absolute atomic E-state index is 12.6. The molecule has 144 valence electrons. The molecule has 4 heterocycles. The van der Waals surface area contributed by atoms with Gasteiger partial charge in [-0.3, -0.25) is 4.90 Å². The van der Waals surface area contributed by atoms with Crippen LogP contribution in [0.1, 0.15) is 45.4 Å². The Morgan fingerprint density at radius 3 is 2.27 bits per heavy atom. The Labute approximate surface area is 157 Å². The molecule has 3 fully saturated rings. The predicted octanol–water partition coefficient (Wildman–Crippen LogP) is 2.32. The van der Waals surface area contributed by atoms with E-state index in [1.807, 2.05) is 6.07 Å². The molecule has 0 amide bonds. The van der Waals surface area contributed by atoms with Crippen molar-refractivity contribution in [1.82, 2.24) is 14.2 Å². The first-order valence-corrected chi connectivity index (χ1v) is 11.5. The molecule has 0 bridgehead atoms. The van der Waals surface area contributed by atoms with Gasteiger partial charge in [-0.05, 0) is 64.1 Å². The van der Waals surface area contributed by atoms with Gasteiger partial charge in [-0.25, -0.2) is 13.4 Å². The highest BCUT2D eigenvalue weighted by molar-refractivity contribution is 7.89. The number of aromatic nitrogens is 1. The molecule has 0 aliphatic carbocycles. The fourth-order valence-electron chi connectivity index (χ4n) is 4.71. The van der Waals surface area contributed by atoms with E-state index in [0.29, 0.717) is 24.0 Å². The SMILES string of the molecule is CC1CCCN1C1CCN(c2ccc(S(=O)(=O)N3CCCC3)cn2)CC1. The van der Waals surface area contributed by atoms with Gasteiger partial charge in [-0.1, -0.05) is 0 Å². The van der Waals surface area contributed by atoms with Gasteiger partial charge in [0.1, 0.15) is 10.7 Å². The van der Waals surface area contributed by atoms with Crippen LogP contribution in [0.4, 0.5) is 5.82 Å². The molecule has 3 saturated heterocycles. The van der Waals surface area contributed by atoms with Crippen molar-refractivity contribution in [2.75, 3.05) is 37.6 Å². The van der Waals surface area contributed by atoms with E-state index in [9.17, 15) is 8.42 Å². The number of hydrogen-bond donors (Lipinski definition) is 0. The van der Waals surface area contributed by atoms with Gasteiger partial charge in [0, 0.05) is 44.5 Å². The van der Waals surface area contributed by atoms with Gasteiger partial charge in [0.05, 0.1) is 0 Å². The average Bonchev–Trinajstić information content (AvgIpc) is 3.34. The fourth-order valence-corrected chi connectivity index (χ4v) is 6.18. The largest absolute Gasteiger partial charge is 0.357 e. The van der Waals surface area contributed by atoms with E-state index in [-0.39, 0.29) is 0 Å². The first kappa shape index (κ1) is 18.2. The Hall–Kier alpha value is -1.18. The molecule has 7 heteroatoms. The third-order valence-corrected chi connectivity index (χ3v) is 8.17. The molecule has 6 nitrogen and oxygen atoms in total. The molecular formula is C19H30N4O2S. The topological polar surface area (TPSA) is 56.8 Å². The van der Waals surface area contributed by atoms with Gasteiger partial charge in [0.25, 0.3) is 0 Å². The van der Waals surface area contributed by atoms with Gasteiger partial charge in [-0.2, -0.15) is 4.31 Å². The Morgan fingerprint density at radius 2 is 1.69 bits per heavy atom. The zero-order valence-corrected chi connectivity index (χ0v) is 16.5. The summed E-state index contributed by atoms with van der Waals surface area (Å²) in [6.45, 7) is 6.85. The van der Waals surface area contributed by atoms with Crippen LogP contribution in [0.2, 0.25) is 0 Å². The van der Waals surface area contributed by atoms with Crippen LogP contribution in [0.5, 0.6) is 0 Å². The highest BCUT2D eigenvalue weighted by Gasteiger charge is 2.31. The molecule has 1 unspecified atom stereocenters. The lowest BCUT2D eigenvalue weighted by Crippen LogP contribution is -2.46. The van der Waals surface area contributed by atoms with E-state index < -0.39 is 10.0 Å². The average molecular weight is 379 g/mol. The van der Waals surface area contributed by atoms with Gasteiger partial charge >= 0.3 is 0 Å². The Bertz CT molecular complexity index is 708. The molecule has 1 aromatic rings. The van der Waals surface area contributed by atoms with Crippen molar-refractivity contribution < 1.29 is 8.42 Å². The minimum atomic E-state index is -3.37. The first-order valence-electron chi connectivity index (χ1n) is 10.0. The van der Waals surface area contributed by atoms with Crippen LogP contribution in [-0.2, 0) is 10.0 Å². The molecule has 26 heavy (non-hydrogen) atoms. The van der Waals surface area contributed by atoms with E-state index >= 15 is 0 Å². The van der Waals surface area contributed by atoms with Gasteiger partial charge in [0.2, 0.25) is 10.0 Å². The highest BCUT2D eigenvalue weighted by atomic mass is 32.2. The van der Waals surface area contributed by atoms with Gasteiger partial charge in [0.15, 0.2) is 0 Å². The number of pyridine rings is 1. The summed E-state index contributed by atoms with van der Waals surface area (Å²) in [6, 6.07) is 5.02. The van der Waals surface area contributed by atoms with Crippen LogP contribution < -0.4 is 4.90 Å². The lowest BCUT2D eigenvalue weighted by Gasteiger charge is -2.39. The molecule has 0 aromatic carbocycles. The summed E-state index contributed by atoms with van der Waals surface area (Å²) in [5, 5.41) is 0. The maximum Gasteiger partial charge on any atom is 0.244 e. The number of rotatable bonds is 4. The summed E-state index contributed by atoms with van der Waals surface area (Å²) in [7, 11) is -3.37. The summed E-state index contributed by atoms with van der Waals surface area (Å²) < 4.78 is 26.8. The van der Waals surface area contributed by atoms with Crippen LogP contribution in [0, 0.1) is 0 Å². The van der Waals surface area contributed by atoms with Gasteiger partial charge in [-0.15, -0.1) is 0 Å². The monoisotopic (exact) mass is 378 g/mol. The highest BCUT2D eigenvalue weighted by Crippen LogP contribution is 2.28. The van der Waals surface area contributed by atoms with Crippen molar-refractivity contribution in [1.29, 1.82) is 0 Å². The number of sulfonamides is 1. The first-order chi connectivity index (χ1) is 12.6. The number of likely N-dealkylation sites (tertiary alicyclic amines) is 1. The van der Waals surface area contributed by atoms with Crippen molar-refractivity contribution in [3.05, 3.63) is 18.3 Å². The van der Waals surface area contributed by atoms with Crippen molar-refractivity contribution in [3.8, 4) is 0 Å². The van der Waals surface area contributed by atoms with E-state index in [0.717, 1.165) is 37.8 Å². The zero-order valence-electron chi connectivity index (χ0n) is 15.7. The standard InChI is InChI=1S/C19H30N4O2S/c1-16-5-4-12-23(16)17-8-13-21(14-9-17)19-7-6-18(15-20-19)26(24,25)22-10-2-3-11-22/h6-7,15-17H,2-5,8-14H2,1H3. The lowest BCUT2D eigenvalue weighted by atomic mass is 10.0. The summed E-state index contributed by atoms with van der Waals surface area (Å²) >= 11 is 0. The third-order valence-electron chi connectivity index (χ3n) is 6.29. The number of anilines is 1. The van der Waals surface area contributed by atoms with E-state index in [1.165, 1.54) is 38.4 Å². The fraction of sp³-hybridized carbons (Fsp3) is 0.737. The zero-order chi connectivity index (χ0) is 18.1. The second kappa shape index (κ2) is 7.44. The van der Waals surface area contributed by atoms with Crippen LogP contribution in [0.15, 0.2) is 23.2 Å². The smallest absolute Gasteiger partial charge is 0.244 e. The minimum Gasteiger partial charge on any atom is -0.357 e. The molecule has 4 rings (SSSR count). The number of nitrogens with zero attached hydrogens (tertiary/aromatic N) is 4. The summed E-state index contributed by atoms with van der Waals surface area (Å²) in [5.41, 5.74) is 0. The summed E-state index contributed by atoms with van der Waals surface area (Å²) in [4.78, 5) is 9.78. The molecule has 0 radical (unpaired) electrons. The number of piperidine rings is 1. The Kier molecular flexibility index (Phi) is 5.21. The molecule has 3 aliphatic rings. The maximum atomic E-state index is 12.6. The van der Waals surface area contributed by atoms with Crippen LogP contribution in [-0.4, -0.2) is 67.4 Å². The minimum absolute atomic E-state index is 0.323. The van der Waals surface area contributed by atoms with Crippen LogP contribution >= 0.6 is 0 Å². The Balaban J connectivity index is 1.39. The molecular weight excluding hydrogens is 348 g/mol. The van der Waals surface area contributed by atoms with Crippen LogP contribution in [0.25, 0.3) is 0 Å². The Morgan fingerprint density at radius 1 is 0.962 bits per heavy atom. The van der Waals surface area contributed by atoms with Crippen LogP contribution in [0.3, 0.4) is 0 Å². The normalized spacial score (nSPS) is 26.7. The second-order valence-electron chi connectivity index (χ2n) is 7.91. The van der Waals surface area contributed by atoms with E-state index in [4.69, 9.17) is 0 Å².